The molecule has 0 saturated heterocycles. The Kier molecular flexibility index (Phi) is 7.22. The van der Waals surface area contributed by atoms with Crippen LogP contribution in [-0.2, 0) is 5.41 Å². The molecule has 4 heteroatoms. The van der Waals surface area contributed by atoms with Crippen LogP contribution in [0.25, 0.3) is 66.6 Å². The molecule has 1 N–H and O–H groups in total. The molecule has 2 aliphatic heterocycles. The number of pyridine rings is 2. The van der Waals surface area contributed by atoms with Gasteiger partial charge in [-0.05, 0) is 80.4 Å². The van der Waals surface area contributed by atoms with Crippen LogP contribution in [0.15, 0.2) is 210 Å². The molecule has 4 heterocycles. The number of nitrogens with zero attached hydrogens (tertiary/aromatic N) is 2. The number of para-hydroxylation sites is 1. The third-order valence-corrected chi connectivity index (χ3v) is 14.1. The predicted molar refractivity (Wildman–Crippen MR) is 247 cm³/mol. The van der Waals surface area contributed by atoms with E-state index >= 15 is 0 Å². The lowest BCUT2D eigenvalue weighted by Crippen LogP contribution is -2.32. The fraction of sp³-hybridized carbons (Fsp3) is 0.0357. The molecule has 10 aromatic rings. The molecule has 0 fully saturated rings. The molecular formula is C56H35N3S. The Balaban J connectivity index is 0.984. The predicted octanol–water partition coefficient (Wildman–Crippen LogP) is 14.1. The van der Waals surface area contributed by atoms with E-state index in [4.69, 9.17) is 9.97 Å². The van der Waals surface area contributed by atoms with Crippen LogP contribution in [0.2, 0.25) is 0 Å². The van der Waals surface area contributed by atoms with Gasteiger partial charge < -0.3 is 5.32 Å². The fourth-order valence-electron chi connectivity index (χ4n) is 10.4. The lowest BCUT2D eigenvalue weighted by molar-refractivity contribution is 0.721. The van der Waals surface area contributed by atoms with Crippen molar-refractivity contribution in [3.8, 4) is 44.8 Å². The maximum Gasteiger partial charge on any atom is 0.0972 e. The number of fused-ring (bicyclic) bond motifs is 16. The van der Waals surface area contributed by atoms with E-state index in [0.717, 1.165) is 50.0 Å². The number of anilines is 1. The summed E-state index contributed by atoms with van der Waals surface area (Å²) < 4.78 is 0. The van der Waals surface area contributed by atoms with Crippen molar-refractivity contribution in [3.63, 3.8) is 0 Å². The van der Waals surface area contributed by atoms with Crippen molar-refractivity contribution < 1.29 is 0 Å². The summed E-state index contributed by atoms with van der Waals surface area (Å²) in [5, 5.41) is 6.22. The first-order valence-corrected chi connectivity index (χ1v) is 21.4. The number of hydrogen-bond acceptors (Lipinski definition) is 4. The molecule has 1 atom stereocenters. The van der Waals surface area contributed by atoms with Crippen LogP contribution >= 0.6 is 11.8 Å². The van der Waals surface area contributed by atoms with Crippen LogP contribution in [0.4, 0.5) is 5.69 Å². The highest BCUT2D eigenvalue weighted by atomic mass is 32.2. The first kappa shape index (κ1) is 33.7. The van der Waals surface area contributed by atoms with Gasteiger partial charge in [-0.1, -0.05) is 182 Å². The Morgan fingerprint density at radius 2 is 0.967 bits per heavy atom. The topological polar surface area (TPSA) is 37.8 Å². The van der Waals surface area contributed by atoms with E-state index in [1.165, 1.54) is 65.4 Å². The molecule has 0 amide bonds. The minimum Gasteiger partial charge on any atom is -0.374 e. The average molecular weight is 782 g/mol. The van der Waals surface area contributed by atoms with Crippen LogP contribution in [-0.4, -0.2) is 9.97 Å². The lowest BCUT2D eigenvalue weighted by Gasteiger charge is -2.40. The number of aromatic nitrogens is 2. The Bertz CT molecular complexity index is 3350. The molecule has 3 aliphatic rings. The molecule has 1 spiro atoms. The van der Waals surface area contributed by atoms with E-state index in [2.05, 4.69) is 199 Å². The van der Waals surface area contributed by atoms with Gasteiger partial charge in [-0.15, -0.1) is 0 Å². The highest BCUT2D eigenvalue weighted by Crippen LogP contribution is 2.64. The number of nitrogens with one attached hydrogen (secondary N) is 1. The summed E-state index contributed by atoms with van der Waals surface area (Å²) in [5.74, 6) is 0. The Morgan fingerprint density at radius 1 is 0.417 bits per heavy atom. The molecule has 1 aliphatic carbocycles. The first-order valence-electron chi connectivity index (χ1n) is 20.6. The molecule has 0 bridgehead atoms. The van der Waals surface area contributed by atoms with Gasteiger partial charge >= 0.3 is 0 Å². The second kappa shape index (κ2) is 12.9. The second-order valence-corrected chi connectivity index (χ2v) is 17.1. The largest absolute Gasteiger partial charge is 0.374 e. The summed E-state index contributed by atoms with van der Waals surface area (Å²) in [5.41, 5.74) is 19.7. The molecule has 0 saturated carbocycles. The second-order valence-electron chi connectivity index (χ2n) is 16.1. The smallest absolute Gasteiger partial charge is 0.0972 e. The van der Waals surface area contributed by atoms with E-state index < -0.39 is 5.41 Å². The summed E-state index contributed by atoms with van der Waals surface area (Å²) in [6, 6.07) is 73.0. The molecule has 3 nitrogen and oxygen atoms in total. The van der Waals surface area contributed by atoms with E-state index in [0.29, 0.717) is 0 Å². The number of rotatable bonds is 3. The summed E-state index contributed by atoms with van der Waals surface area (Å²) in [6.45, 7) is 0. The summed E-state index contributed by atoms with van der Waals surface area (Å²) in [7, 11) is 0. The van der Waals surface area contributed by atoms with Crippen molar-refractivity contribution in [2.45, 2.75) is 21.2 Å². The van der Waals surface area contributed by atoms with E-state index in [-0.39, 0.29) is 6.04 Å². The van der Waals surface area contributed by atoms with Gasteiger partial charge in [-0.2, -0.15) is 0 Å². The van der Waals surface area contributed by atoms with Gasteiger partial charge in [0.15, 0.2) is 0 Å². The van der Waals surface area contributed by atoms with Crippen molar-refractivity contribution in [2.75, 3.05) is 5.32 Å². The molecule has 8 aromatic carbocycles. The van der Waals surface area contributed by atoms with Gasteiger partial charge in [0.05, 0.1) is 33.9 Å². The van der Waals surface area contributed by atoms with Crippen LogP contribution in [0, 0.1) is 0 Å². The number of benzene rings is 8. The number of hydrogen-bond donors (Lipinski definition) is 1. The van der Waals surface area contributed by atoms with E-state index in [9.17, 15) is 0 Å². The molecule has 2 aromatic heterocycles. The Labute approximate surface area is 352 Å². The van der Waals surface area contributed by atoms with Gasteiger partial charge in [0.2, 0.25) is 0 Å². The van der Waals surface area contributed by atoms with Crippen LogP contribution in [0.1, 0.15) is 39.4 Å². The zero-order valence-corrected chi connectivity index (χ0v) is 33.2. The van der Waals surface area contributed by atoms with Gasteiger partial charge in [0.25, 0.3) is 0 Å². The zero-order valence-electron chi connectivity index (χ0n) is 32.4. The van der Waals surface area contributed by atoms with Gasteiger partial charge in [-0.25, -0.2) is 9.97 Å². The summed E-state index contributed by atoms with van der Waals surface area (Å²) >= 11 is 1.89. The lowest BCUT2D eigenvalue weighted by atomic mass is 9.67. The van der Waals surface area contributed by atoms with Crippen LogP contribution < -0.4 is 5.32 Å². The van der Waals surface area contributed by atoms with Crippen molar-refractivity contribution in [2.24, 2.45) is 0 Å². The highest BCUT2D eigenvalue weighted by Gasteiger charge is 2.51. The molecule has 13 rings (SSSR count). The zero-order chi connectivity index (χ0) is 39.4. The minimum absolute atomic E-state index is 0.0836. The quantitative estimate of drug-likeness (QED) is 0.181. The highest BCUT2D eigenvalue weighted by molar-refractivity contribution is 7.99. The van der Waals surface area contributed by atoms with Gasteiger partial charge in [0, 0.05) is 42.9 Å². The maximum atomic E-state index is 5.29. The van der Waals surface area contributed by atoms with Crippen molar-refractivity contribution in [1.82, 2.24) is 9.97 Å². The van der Waals surface area contributed by atoms with E-state index in [1.807, 2.05) is 17.8 Å². The molecule has 60 heavy (non-hydrogen) atoms. The molecule has 1 unspecified atom stereocenters. The summed E-state index contributed by atoms with van der Waals surface area (Å²) in [4.78, 5) is 13.1. The summed E-state index contributed by atoms with van der Waals surface area (Å²) in [6.07, 6.45) is 0. The van der Waals surface area contributed by atoms with Crippen LogP contribution in [0.3, 0.4) is 0 Å². The third-order valence-electron chi connectivity index (χ3n) is 13.0. The minimum atomic E-state index is -0.437. The Hall–Kier alpha value is -7.27. The van der Waals surface area contributed by atoms with Gasteiger partial charge in [0.1, 0.15) is 0 Å². The van der Waals surface area contributed by atoms with Crippen molar-refractivity contribution >= 4 is 39.3 Å². The average Bonchev–Trinajstić information content (AvgIpc) is 3.62. The standard InChI is InChI=1S/C56H35N3S/c1-2-12-34(13-3-1)46-32-28-37-26-27-38-29-33-47(58-55(38)54(37)57-46)35-22-24-36(25-23-35)53-52-40(39-14-5-9-19-48(39)59-53)30-31-45-51(52)41-15-4-6-16-42(41)56(45)43-17-7-10-20-49(43)60-50-21-11-8-18-44(50)56/h1-33,53,59H. The third kappa shape index (κ3) is 4.74. The normalized spacial score (nSPS) is 15.0. The monoisotopic (exact) mass is 781 g/mol. The van der Waals surface area contributed by atoms with E-state index in [1.54, 1.807) is 0 Å². The van der Waals surface area contributed by atoms with Gasteiger partial charge in [-0.3, -0.25) is 0 Å². The molecule has 280 valence electrons. The molecular weight excluding hydrogens is 747 g/mol. The molecule has 0 radical (unpaired) electrons. The van der Waals surface area contributed by atoms with Crippen molar-refractivity contribution in [3.05, 3.63) is 234 Å². The van der Waals surface area contributed by atoms with Crippen LogP contribution in [0.5, 0.6) is 0 Å². The first-order chi connectivity index (χ1) is 29.7. The maximum absolute atomic E-state index is 5.29. The Morgan fingerprint density at radius 3 is 1.65 bits per heavy atom. The fourth-order valence-corrected chi connectivity index (χ4v) is 11.6. The van der Waals surface area contributed by atoms with Crippen molar-refractivity contribution in [1.29, 1.82) is 0 Å². The SMILES string of the molecule is c1ccc(-c2ccc3ccc4ccc(-c5ccc(C6Nc7ccccc7-c7ccc8c(c76)-c6ccccc6C86c7ccccc7Sc7ccccc76)cc5)nc4c3n2)cc1.